The van der Waals surface area contributed by atoms with Crippen molar-refractivity contribution >= 4 is 21.9 Å². The third-order valence-electron chi connectivity index (χ3n) is 1.88. The second kappa shape index (κ2) is 4.59. The van der Waals surface area contributed by atoms with Gasteiger partial charge in [-0.15, -0.1) is 0 Å². The van der Waals surface area contributed by atoms with E-state index >= 15 is 0 Å². The van der Waals surface area contributed by atoms with Gasteiger partial charge in [-0.3, -0.25) is 4.79 Å². The second-order valence-corrected chi connectivity index (χ2v) is 3.65. The molecule has 1 aromatic carbocycles. The summed E-state index contributed by atoms with van der Waals surface area (Å²) >= 11 is 3.00. The quantitative estimate of drug-likeness (QED) is 0.803. The molecule has 0 aromatic heterocycles. The molecule has 1 atom stereocenters. The fourth-order valence-electron chi connectivity index (χ4n) is 1.10. The summed E-state index contributed by atoms with van der Waals surface area (Å²) in [5, 5.41) is 9.52. The SMILES string of the molecule is COC(=O)[C@H](N)c1c(F)ccc(Br)c1O. The van der Waals surface area contributed by atoms with Crippen LogP contribution in [0.1, 0.15) is 11.6 Å². The van der Waals surface area contributed by atoms with Gasteiger partial charge in [0.2, 0.25) is 0 Å². The molecule has 82 valence electrons. The molecular formula is C9H9BrFNO3. The highest BCUT2D eigenvalue weighted by molar-refractivity contribution is 9.10. The first-order chi connectivity index (χ1) is 6.99. The van der Waals surface area contributed by atoms with Crippen LogP contribution in [0, 0.1) is 5.82 Å². The molecule has 1 aromatic rings. The van der Waals surface area contributed by atoms with Gasteiger partial charge in [0.25, 0.3) is 0 Å². The maximum atomic E-state index is 13.3. The van der Waals surface area contributed by atoms with E-state index in [1.165, 1.54) is 6.07 Å². The summed E-state index contributed by atoms with van der Waals surface area (Å²) in [7, 11) is 1.13. The smallest absolute Gasteiger partial charge is 0.327 e. The number of carbonyl (C=O) groups excluding carboxylic acids is 1. The van der Waals surface area contributed by atoms with Crippen LogP contribution in [0.5, 0.6) is 5.75 Å². The number of aromatic hydroxyl groups is 1. The van der Waals surface area contributed by atoms with Crippen molar-refractivity contribution < 1.29 is 19.0 Å². The Bertz CT molecular complexity index is 397. The molecule has 6 heteroatoms. The number of halogens is 2. The van der Waals surface area contributed by atoms with Gasteiger partial charge >= 0.3 is 5.97 Å². The first-order valence-electron chi connectivity index (χ1n) is 3.99. The third-order valence-corrected chi connectivity index (χ3v) is 2.52. The van der Waals surface area contributed by atoms with Gasteiger partial charge in [0.05, 0.1) is 17.1 Å². The highest BCUT2D eigenvalue weighted by Gasteiger charge is 2.24. The fraction of sp³-hybridized carbons (Fsp3) is 0.222. The zero-order valence-corrected chi connectivity index (χ0v) is 9.42. The van der Waals surface area contributed by atoms with Crippen molar-refractivity contribution in [3.63, 3.8) is 0 Å². The minimum atomic E-state index is -1.34. The van der Waals surface area contributed by atoms with Crippen LogP contribution in [0.15, 0.2) is 16.6 Å². The van der Waals surface area contributed by atoms with E-state index in [9.17, 15) is 14.3 Å². The Kier molecular flexibility index (Phi) is 3.65. The summed E-state index contributed by atoms with van der Waals surface area (Å²) in [6, 6.07) is 1.08. The van der Waals surface area contributed by atoms with Gasteiger partial charge in [0.1, 0.15) is 17.6 Å². The van der Waals surface area contributed by atoms with Crippen LogP contribution in [-0.2, 0) is 9.53 Å². The lowest BCUT2D eigenvalue weighted by Gasteiger charge is -2.13. The van der Waals surface area contributed by atoms with Gasteiger partial charge in [0, 0.05) is 0 Å². The monoisotopic (exact) mass is 277 g/mol. The van der Waals surface area contributed by atoms with E-state index in [0.29, 0.717) is 0 Å². The number of phenolic OH excluding ortho intramolecular Hbond substituents is 1. The summed E-state index contributed by atoms with van der Waals surface area (Å²) in [5.41, 5.74) is 5.14. The molecule has 0 saturated carbocycles. The number of ether oxygens (including phenoxy) is 1. The van der Waals surface area contributed by atoms with Crippen LogP contribution in [-0.4, -0.2) is 18.2 Å². The Balaban J connectivity index is 3.24. The Labute approximate surface area is 94.0 Å². The molecule has 3 N–H and O–H groups in total. The normalized spacial score (nSPS) is 12.3. The average Bonchev–Trinajstić information content (AvgIpc) is 2.22. The summed E-state index contributed by atoms with van der Waals surface area (Å²) in [6.07, 6.45) is 0. The molecule has 0 aliphatic rings. The predicted octanol–water partition coefficient (Wildman–Crippen LogP) is 1.47. The lowest BCUT2D eigenvalue weighted by molar-refractivity contribution is -0.142. The number of methoxy groups -OCH3 is 1. The molecule has 1 rings (SSSR count). The van der Waals surface area contributed by atoms with Gasteiger partial charge in [0.15, 0.2) is 0 Å². The maximum absolute atomic E-state index is 13.3. The largest absolute Gasteiger partial charge is 0.506 e. The minimum absolute atomic E-state index is 0.262. The van der Waals surface area contributed by atoms with E-state index in [-0.39, 0.29) is 10.0 Å². The van der Waals surface area contributed by atoms with Gasteiger partial charge in [-0.25, -0.2) is 4.39 Å². The Morgan fingerprint density at radius 2 is 2.27 bits per heavy atom. The first-order valence-corrected chi connectivity index (χ1v) is 4.78. The van der Waals surface area contributed by atoms with Gasteiger partial charge in [-0.2, -0.15) is 0 Å². The summed E-state index contributed by atoms with van der Waals surface area (Å²) in [4.78, 5) is 11.1. The van der Waals surface area contributed by atoms with Crippen LogP contribution < -0.4 is 5.73 Å². The third kappa shape index (κ3) is 2.27. The number of esters is 1. The number of hydrogen-bond donors (Lipinski definition) is 2. The average molecular weight is 278 g/mol. The maximum Gasteiger partial charge on any atom is 0.327 e. The topological polar surface area (TPSA) is 72.5 Å². The van der Waals surface area contributed by atoms with E-state index in [1.54, 1.807) is 0 Å². The van der Waals surface area contributed by atoms with Crippen LogP contribution in [0.3, 0.4) is 0 Å². The highest BCUT2D eigenvalue weighted by atomic mass is 79.9. The second-order valence-electron chi connectivity index (χ2n) is 2.79. The van der Waals surface area contributed by atoms with Crippen LogP contribution in [0.4, 0.5) is 4.39 Å². The Morgan fingerprint density at radius 3 is 2.80 bits per heavy atom. The molecule has 0 fully saturated rings. The predicted molar refractivity (Wildman–Crippen MR) is 54.7 cm³/mol. The number of carbonyl (C=O) groups is 1. The number of rotatable bonds is 2. The molecule has 0 heterocycles. The van der Waals surface area contributed by atoms with E-state index in [4.69, 9.17) is 5.73 Å². The molecule has 0 bridgehead atoms. The summed E-state index contributed by atoms with van der Waals surface area (Å²) in [5.74, 6) is -1.97. The van der Waals surface area contributed by atoms with Gasteiger partial charge < -0.3 is 15.6 Å². The highest BCUT2D eigenvalue weighted by Crippen LogP contribution is 2.33. The molecule has 0 aliphatic carbocycles. The molecule has 15 heavy (non-hydrogen) atoms. The van der Waals surface area contributed by atoms with E-state index in [0.717, 1.165) is 13.2 Å². The van der Waals surface area contributed by atoms with Crippen molar-refractivity contribution in [2.75, 3.05) is 7.11 Å². The summed E-state index contributed by atoms with van der Waals surface area (Å²) < 4.78 is 17.9. The lowest BCUT2D eigenvalue weighted by Crippen LogP contribution is -2.23. The minimum Gasteiger partial charge on any atom is -0.506 e. The number of nitrogens with two attached hydrogens (primary N) is 1. The number of benzene rings is 1. The van der Waals surface area contributed by atoms with Crippen molar-refractivity contribution in [3.8, 4) is 5.75 Å². The molecule has 0 radical (unpaired) electrons. The Hall–Kier alpha value is -1.14. The van der Waals surface area contributed by atoms with Crippen molar-refractivity contribution in [3.05, 3.63) is 28.0 Å². The van der Waals surface area contributed by atoms with E-state index < -0.39 is 23.6 Å². The zero-order chi connectivity index (χ0) is 11.6. The molecule has 0 amide bonds. The van der Waals surface area contributed by atoms with Crippen molar-refractivity contribution in [1.29, 1.82) is 0 Å². The van der Waals surface area contributed by atoms with Crippen molar-refractivity contribution in [1.82, 2.24) is 0 Å². The number of hydrogen-bond acceptors (Lipinski definition) is 4. The Morgan fingerprint density at radius 1 is 1.67 bits per heavy atom. The standard InChI is InChI=1S/C9H9BrFNO3/c1-15-9(14)7(12)6-5(11)3-2-4(10)8(6)13/h2-3,7,13H,12H2,1H3/t7-/m1/s1. The number of phenols is 1. The van der Waals surface area contributed by atoms with Gasteiger partial charge in [-0.05, 0) is 28.1 Å². The van der Waals surface area contributed by atoms with Crippen LogP contribution in [0.2, 0.25) is 0 Å². The lowest BCUT2D eigenvalue weighted by atomic mass is 10.1. The molecule has 0 spiro atoms. The molecule has 4 nitrogen and oxygen atoms in total. The molecule has 0 aliphatic heterocycles. The van der Waals surface area contributed by atoms with Crippen molar-refractivity contribution in [2.24, 2.45) is 5.73 Å². The summed E-state index contributed by atoms with van der Waals surface area (Å²) in [6.45, 7) is 0. The van der Waals surface area contributed by atoms with Gasteiger partial charge in [-0.1, -0.05) is 0 Å². The fourth-order valence-corrected chi connectivity index (χ4v) is 1.44. The van der Waals surface area contributed by atoms with Crippen LogP contribution >= 0.6 is 15.9 Å². The van der Waals surface area contributed by atoms with E-state index in [1.807, 2.05) is 0 Å². The molecule has 0 unspecified atom stereocenters. The van der Waals surface area contributed by atoms with Crippen LogP contribution in [0.25, 0.3) is 0 Å². The zero-order valence-electron chi connectivity index (χ0n) is 7.83. The van der Waals surface area contributed by atoms with Crippen molar-refractivity contribution in [2.45, 2.75) is 6.04 Å². The first kappa shape index (κ1) is 11.9. The molecular weight excluding hydrogens is 269 g/mol. The molecule has 0 saturated heterocycles. The van der Waals surface area contributed by atoms with E-state index in [2.05, 4.69) is 20.7 Å².